The topological polar surface area (TPSA) is 114 Å². The van der Waals surface area contributed by atoms with Gasteiger partial charge in [-0.3, -0.25) is 30.6 Å². The highest BCUT2D eigenvalue weighted by Crippen LogP contribution is 2.25. The minimum absolute atomic E-state index is 0.0485. The molecule has 2 N–H and O–H groups in total. The van der Waals surface area contributed by atoms with Gasteiger partial charge in [-0.15, -0.1) is 0 Å². The smallest absolute Gasteiger partial charge is 0.305 e. The van der Waals surface area contributed by atoms with Crippen molar-refractivity contribution in [3.05, 3.63) is 86.6 Å². The number of amides is 2. The second-order valence-corrected chi connectivity index (χ2v) is 6.30. The minimum atomic E-state index is -0.655. The number of furan rings is 1. The van der Waals surface area contributed by atoms with Crippen molar-refractivity contribution in [2.75, 3.05) is 0 Å². The quantitative estimate of drug-likeness (QED) is 0.484. The summed E-state index contributed by atoms with van der Waals surface area (Å²) in [5.41, 5.74) is 5.29. The van der Waals surface area contributed by atoms with Crippen molar-refractivity contribution < 1.29 is 18.9 Å². The van der Waals surface area contributed by atoms with Crippen LogP contribution in [0.4, 0.5) is 5.69 Å². The number of halogens is 1. The molecule has 136 valence electrons. The first-order chi connectivity index (χ1) is 12.9. The lowest BCUT2D eigenvalue weighted by molar-refractivity contribution is -0.384. The molecule has 0 aliphatic rings. The normalized spacial score (nSPS) is 10.3. The van der Waals surface area contributed by atoms with E-state index in [2.05, 4.69) is 26.8 Å². The van der Waals surface area contributed by atoms with Crippen LogP contribution in [-0.4, -0.2) is 16.7 Å². The Bertz CT molecular complexity index is 1010. The predicted octanol–water partition coefficient (Wildman–Crippen LogP) is 3.69. The van der Waals surface area contributed by atoms with Gasteiger partial charge in [0.2, 0.25) is 0 Å². The van der Waals surface area contributed by atoms with Crippen molar-refractivity contribution in [1.29, 1.82) is 0 Å². The molecule has 1 aromatic heterocycles. The van der Waals surface area contributed by atoms with Crippen molar-refractivity contribution in [3.8, 4) is 11.3 Å². The van der Waals surface area contributed by atoms with Crippen LogP contribution in [0.1, 0.15) is 20.9 Å². The number of nitro benzene ring substituents is 1. The van der Waals surface area contributed by atoms with Gasteiger partial charge < -0.3 is 4.42 Å². The number of carbonyl (C=O) groups is 2. The number of nitrogens with one attached hydrogen (secondary N) is 2. The highest BCUT2D eigenvalue weighted by molar-refractivity contribution is 9.10. The molecule has 0 saturated carbocycles. The van der Waals surface area contributed by atoms with Crippen molar-refractivity contribution in [3.63, 3.8) is 0 Å². The fourth-order valence-corrected chi connectivity index (χ4v) is 2.50. The van der Waals surface area contributed by atoms with Gasteiger partial charge in [-0.05, 0) is 36.4 Å². The van der Waals surface area contributed by atoms with Crippen molar-refractivity contribution in [1.82, 2.24) is 10.9 Å². The number of nitrogens with zero attached hydrogens (tertiary/aromatic N) is 1. The molecule has 0 atom stereocenters. The van der Waals surface area contributed by atoms with Crippen LogP contribution in [0.2, 0.25) is 0 Å². The van der Waals surface area contributed by atoms with Crippen LogP contribution < -0.4 is 10.9 Å². The van der Waals surface area contributed by atoms with E-state index in [1.54, 1.807) is 30.3 Å². The zero-order valence-corrected chi connectivity index (χ0v) is 15.2. The molecule has 0 aliphatic heterocycles. The maximum Gasteiger partial charge on any atom is 0.305 e. The lowest BCUT2D eigenvalue weighted by Crippen LogP contribution is -2.41. The molecule has 8 nitrogen and oxygen atoms in total. The lowest BCUT2D eigenvalue weighted by atomic mass is 10.1. The maximum atomic E-state index is 12.1. The molecular formula is C18H12BrN3O5. The zero-order valence-electron chi connectivity index (χ0n) is 13.6. The average Bonchev–Trinajstić information content (AvgIpc) is 3.17. The summed E-state index contributed by atoms with van der Waals surface area (Å²) in [5, 5.41) is 10.9. The van der Waals surface area contributed by atoms with Crippen molar-refractivity contribution in [2.24, 2.45) is 0 Å². The third-order valence-electron chi connectivity index (χ3n) is 3.57. The fourth-order valence-electron chi connectivity index (χ4n) is 2.24. The largest absolute Gasteiger partial charge is 0.451 e. The molecule has 3 aromatic rings. The van der Waals surface area contributed by atoms with Crippen LogP contribution in [0.3, 0.4) is 0 Å². The van der Waals surface area contributed by atoms with Gasteiger partial charge in [-0.25, -0.2) is 0 Å². The lowest BCUT2D eigenvalue weighted by Gasteiger charge is -2.06. The number of benzene rings is 2. The summed E-state index contributed by atoms with van der Waals surface area (Å²) < 4.78 is 6.25. The van der Waals surface area contributed by atoms with Crippen LogP contribution in [0.25, 0.3) is 11.3 Å². The molecule has 27 heavy (non-hydrogen) atoms. The Hall–Kier alpha value is -3.46. The van der Waals surface area contributed by atoms with Gasteiger partial charge in [-0.2, -0.15) is 0 Å². The second kappa shape index (κ2) is 7.83. The molecule has 0 fully saturated rings. The summed E-state index contributed by atoms with van der Waals surface area (Å²) in [6, 6.07) is 15.4. The summed E-state index contributed by atoms with van der Waals surface area (Å²) in [4.78, 5) is 34.4. The Morgan fingerprint density at radius 3 is 2.37 bits per heavy atom. The second-order valence-electron chi connectivity index (χ2n) is 5.39. The van der Waals surface area contributed by atoms with E-state index in [1.807, 2.05) is 0 Å². The van der Waals surface area contributed by atoms with Crippen LogP contribution in [0, 0.1) is 10.1 Å². The van der Waals surface area contributed by atoms with E-state index >= 15 is 0 Å². The number of hydrogen-bond donors (Lipinski definition) is 2. The highest BCUT2D eigenvalue weighted by atomic mass is 79.9. The SMILES string of the molecule is O=C(NNC(=O)c1ccc(-c2cccc([N+](=O)[O-])c2)o1)c1ccc(Br)cc1. The number of carbonyl (C=O) groups excluding carboxylic acids is 2. The molecular weight excluding hydrogens is 418 g/mol. The molecule has 0 unspecified atom stereocenters. The first kappa shape index (κ1) is 18.3. The number of nitro groups is 1. The summed E-state index contributed by atoms with van der Waals surface area (Å²) in [7, 11) is 0. The van der Waals surface area contributed by atoms with Crippen molar-refractivity contribution >= 4 is 33.4 Å². The van der Waals surface area contributed by atoms with Crippen LogP contribution in [0.15, 0.2) is 69.6 Å². The van der Waals surface area contributed by atoms with Gasteiger partial charge in [0.1, 0.15) is 5.76 Å². The Labute approximate surface area is 161 Å². The summed E-state index contributed by atoms with van der Waals surface area (Å²) in [6.07, 6.45) is 0. The number of non-ortho nitro benzene ring substituents is 1. The molecule has 3 rings (SSSR count). The molecule has 2 aromatic carbocycles. The summed E-state index contributed by atoms with van der Waals surface area (Å²) in [5.74, 6) is -0.894. The van der Waals surface area contributed by atoms with Gasteiger partial charge in [-0.1, -0.05) is 28.1 Å². The molecule has 9 heteroatoms. The standard InChI is InChI=1S/C18H12BrN3O5/c19-13-6-4-11(5-7-13)17(23)20-21-18(24)16-9-8-15(27-16)12-2-1-3-14(10-12)22(25)26/h1-10H,(H,20,23)(H,21,24). The number of hydrazine groups is 1. The van der Waals surface area contributed by atoms with Crippen LogP contribution in [0.5, 0.6) is 0 Å². The predicted molar refractivity (Wildman–Crippen MR) is 99.9 cm³/mol. The maximum absolute atomic E-state index is 12.1. The fraction of sp³-hybridized carbons (Fsp3) is 0. The van der Waals surface area contributed by atoms with E-state index in [4.69, 9.17) is 4.42 Å². The van der Waals surface area contributed by atoms with E-state index in [9.17, 15) is 19.7 Å². The Balaban J connectivity index is 1.66. The Morgan fingerprint density at radius 1 is 0.963 bits per heavy atom. The first-order valence-corrected chi connectivity index (χ1v) is 8.44. The molecule has 0 spiro atoms. The summed E-state index contributed by atoms with van der Waals surface area (Å²) >= 11 is 3.27. The molecule has 0 bridgehead atoms. The Kier molecular flexibility index (Phi) is 5.32. The monoisotopic (exact) mass is 429 g/mol. The van der Waals surface area contributed by atoms with Crippen LogP contribution in [-0.2, 0) is 0 Å². The Morgan fingerprint density at radius 2 is 1.67 bits per heavy atom. The molecule has 0 aliphatic carbocycles. The third kappa shape index (κ3) is 4.39. The molecule has 1 heterocycles. The third-order valence-corrected chi connectivity index (χ3v) is 4.10. The zero-order chi connectivity index (χ0) is 19.4. The van der Waals surface area contributed by atoms with E-state index in [-0.39, 0.29) is 11.4 Å². The number of rotatable bonds is 4. The van der Waals surface area contributed by atoms with Gasteiger partial charge in [0.05, 0.1) is 4.92 Å². The van der Waals surface area contributed by atoms with E-state index in [1.165, 1.54) is 30.3 Å². The van der Waals surface area contributed by atoms with Crippen LogP contribution >= 0.6 is 15.9 Å². The van der Waals surface area contributed by atoms with Gasteiger partial charge in [0.15, 0.2) is 5.76 Å². The van der Waals surface area contributed by atoms with Crippen molar-refractivity contribution in [2.45, 2.75) is 0 Å². The van der Waals surface area contributed by atoms with Gasteiger partial charge >= 0.3 is 5.91 Å². The van der Waals surface area contributed by atoms with E-state index in [0.717, 1.165) is 4.47 Å². The van der Waals surface area contributed by atoms with E-state index in [0.29, 0.717) is 16.9 Å². The molecule has 0 saturated heterocycles. The van der Waals surface area contributed by atoms with E-state index < -0.39 is 16.7 Å². The minimum Gasteiger partial charge on any atom is -0.451 e. The van der Waals surface area contributed by atoms with Gasteiger partial charge in [0, 0.05) is 27.7 Å². The molecule has 0 radical (unpaired) electrons. The number of hydrogen-bond acceptors (Lipinski definition) is 5. The van der Waals surface area contributed by atoms with Gasteiger partial charge in [0.25, 0.3) is 11.6 Å². The highest BCUT2D eigenvalue weighted by Gasteiger charge is 2.15. The first-order valence-electron chi connectivity index (χ1n) is 7.65. The molecule has 2 amide bonds. The average molecular weight is 430 g/mol. The summed E-state index contributed by atoms with van der Waals surface area (Å²) in [6.45, 7) is 0.